The highest BCUT2D eigenvalue weighted by molar-refractivity contribution is 6.34. The molecule has 0 N–H and O–H groups in total. The summed E-state index contributed by atoms with van der Waals surface area (Å²) < 4.78 is 0. The lowest BCUT2D eigenvalue weighted by Gasteiger charge is -2.00. The molecule has 0 amide bonds. The van der Waals surface area contributed by atoms with Crippen LogP contribution in [0.25, 0.3) is 10.9 Å². The van der Waals surface area contributed by atoms with E-state index in [-0.39, 0.29) is 0 Å². The maximum absolute atomic E-state index is 8.71. The van der Waals surface area contributed by atoms with Crippen LogP contribution in [-0.4, -0.2) is 9.97 Å². The first kappa shape index (κ1) is 12.4. The minimum atomic E-state index is 0.393. The third-order valence-corrected chi connectivity index (χ3v) is 2.18. The van der Waals surface area contributed by atoms with Gasteiger partial charge in [0.25, 0.3) is 0 Å². The molecule has 2 rings (SSSR count). The number of halogens is 1. The smallest absolute Gasteiger partial charge is 0.140 e. The van der Waals surface area contributed by atoms with E-state index in [2.05, 4.69) is 9.97 Å². The van der Waals surface area contributed by atoms with E-state index >= 15 is 0 Å². The third kappa shape index (κ3) is 2.47. The number of nitriles is 1. The van der Waals surface area contributed by atoms with Gasteiger partial charge in [0.05, 0.1) is 17.1 Å². The number of rotatable bonds is 0. The summed E-state index contributed by atoms with van der Waals surface area (Å²) in [7, 11) is 0. The molecule has 0 spiro atoms. The van der Waals surface area contributed by atoms with Crippen LogP contribution in [0.15, 0.2) is 18.2 Å². The van der Waals surface area contributed by atoms with Gasteiger partial charge in [-0.2, -0.15) is 5.26 Å². The fourth-order valence-corrected chi connectivity index (χ4v) is 1.54. The Morgan fingerprint density at radius 1 is 1.25 bits per heavy atom. The van der Waals surface area contributed by atoms with Gasteiger partial charge in [-0.25, -0.2) is 9.97 Å². The Kier molecular flexibility index (Phi) is 4.21. The maximum atomic E-state index is 8.71. The Balaban J connectivity index is 0.000000606. The zero-order chi connectivity index (χ0) is 12.1. The third-order valence-electron chi connectivity index (χ3n) is 1.89. The van der Waals surface area contributed by atoms with Gasteiger partial charge in [0.1, 0.15) is 11.0 Å². The molecule has 3 nitrogen and oxygen atoms in total. The second-order valence-electron chi connectivity index (χ2n) is 2.91. The fourth-order valence-electron chi connectivity index (χ4n) is 1.27. The van der Waals surface area contributed by atoms with E-state index < -0.39 is 0 Å². The van der Waals surface area contributed by atoms with Crippen LogP contribution >= 0.6 is 11.6 Å². The van der Waals surface area contributed by atoms with Crippen LogP contribution in [0.1, 0.15) is 25.2 Å². The molecule has 1 aromatic heterocycles. The summed E-state index contributed by atoms with van der Waals surface area (Å²) in [5.41, 5.74) is 1.33. The number of aromatic nitrogens is 2. The van der Waals surface area contributed by atoms with Gasteiger partial charge in [0.15, 0.2) is 0 Å². The Morgan fingerprint density at radius 2 is 1.94 bits per heavy atom. The van der Waals surface area contributed by atoms with Crippen molar-refractivity contribution >= 4 is 22.5 Å². The molecule has 1 aromatic carbocycles. The van der Waals surface area contributed by atoms with Crippen LogP contribution in [0, 0.1) is 18.3 Å². The lowest BCUT2D eigenvalue weighted by Crippen LogP contribution is -1.90. The molecule has 0 radical (unpaired) electrons. The van der Waals surface area contributed by atoms with Crippen molar-refractivity contribution in [3.63, 3.8) is 0 Å². The van der Waals surface area contributed by atoms with E-state index in [1.165, 1.54) is 0 Å². The van der Waals surface area contributed by atoms with Gasteiger partial charge in [0, 0.05) is 5.39 Å². The molecule has 0 unspecified atom stereocenters. The van der Waals surface area contributed by atoms with Gasteiger partial charge < -0.3 is 0 Å². The van der Waals surface area contributed by atoms with Gasteiger partial charge in [-0.3, -0.25) is 0 Å². The molecule has 2 aromatic rings. The van der Waals surface area contributed by atoms with Crippen molar-refractivity contribution in [1.82, 2.24) is 9.97 Å². The maximum Gasteiger partial charge on any atom is 0.140 e. The number of fused-ring (bicyclic) bond motifs is 1. The quantitative estimate of drug-likeness (QED) is 0.655. The van der Waals surface area contributed by atoms with E-state index in [0.717, 1.165) is 10.9 Å². The van der Waals surface area contributed by atoms with Crippen LogP contribution in [0.2, 0.25) is 5.15 Å². The SMILES string of the molecule is CC.Cc1nc(Cl)c2cc(C#N)ccc2n1. The molecular formula is C12H12ClN3. The van der Waals surface area contributed by atoms with Crippen molar-refractivity contribution in [2.75, 3.05) is 0 Å². The Morgan fingerprint density at radius 3 is 2.56 bits per heavy atom. The van der Waals surface area contributed by atoms with Crippen molar-refractivity contribution in [3.05, 3.63) is 34.7 Å². The molecule has 0 saturated heterocycles. The topological polar surface area (TPSA) is 49.6 Å². The molecule has 82 valence electrons. The first-order chi connectivity index (χ1) is 7.70. The van der Waals surface area contributed by atoms with E-state index in [0.29, 0.717) is 16.5 Å². The molecule has 0 aliphatic rings. The molecule has 0 aliphatic carbocycles. The Labute approximate surface area is 99.7 Å². The number of hydrogen-bond acceptors (Lipinski definition) is 3. The standard InChI is InChI=1S/C10H6ClN3.C2H6/c1-6-13-9-3-2-7(5-12)4-8(9)10(11)14-6;1-2/h2-4H,1H3;1-2H3. The van der Waals surface area contributed by atoms with Crippen LogP contribution in [0.3, 0.4) is 0 Å². The second-order valence-corrected chi connectivity index (χ2v) is 3.26. The van der Waals surface area contributed by atoms with Crippen molar-refractivity contribution in [1.29, 1.82) is 5.26 Å². The molecule has 4 heteroatoms. The number of hydrogen-bond donors (Lipinski definition) is 0. The molecule has 16 heavy (non-hydrogen) atoms. The molecule has 0 aliphatic heterocycles. The number of aryl methyl sites for hydroxylation is 1. The zero-order valence-corrected chi connectivity index (χ0v) is 10.2. The summed E-state index contributed by atoms with van der Waals surface area (Å²) in [6, 6.07) is 7.22. The Hall–Kier alpha value is -1.66. The molecule has 0 atom stereocenters. The van der Waals surface area contributed by atoms with Crippen molar-refractivity contribution in [3.8, 4) is 6.07 Å². The summed E-state index contributed by atoms with van der Waals surface area (Å²) in [5, 5.41) is 9.82. The summed E-state index contributed by atoms with van der Waals surface area (Å²) in [6.45, 7) is 5.78. The average molecular weight is 234 g/mol. The predicted molar refractivity (Wildman–Crippen MR) is 65.3 cm³/mol. The highest BCUT2D eigenvalue weighted by Crippen LogP contribution is 2.21. The van der Waals surface area contributed by atoms with Crippen LogP contribution in [0.5, 0.6) is 0 Å². The van der Waals surface area contributed by atoms with E-state index in [1.54, 1.807) is 25.1 Å². The van der Waals surface area contributed by atoms with Crippen LogP contribution in [0.4, 0.5) is 0 Å². The van der Waals surface area contributed by atoms with Gasteiger partial charge in [-0.05, 0) is 25.1 Å². The summed E-state index contributed by atoms with van der Waals surface area (Å²) >= 11 is 5.93. The van der Waals surface area contributed by atoms with Gasteiger partial charge >= 0.3 is 0 Å². The lowest BCUT2D eigenvalue weighted by atomic mass is 10.2. The van der Waals surface area contributed by atoms with Gasteiger partial charge in [-0.15, -0.1) is 0 Å². The second kappa shape index (κ2) is 5.43. The lowest BCUT2D eigenvalue weighted by molar-refractivity contribution is 1.09. The Bertz CT molecular complexity index is 544. The van der Waals surface area contributed by atoms with Crippen molar-refractivity contribution < 1.29 is 0 Å². The average Bonchev–Trinajstić information content (AvgIpc) is 2.31. The number of nitrogens with zero attached hydrogens (tertiary/aromatic N) is 3. The van der Waals surface area contributed by atoms with Gasteiger partial charge in [-0.1, -0.05) is 25.4 Å². The van der Waals surface area contributed by atoms with E-state index in [9.17, 15) is 0 Å². The summed E-state index contributed by atoms with van der Waals surface area (Å²) in [5.74, 6) is 0.632. The van der Waals surface area contributed by atoms with Crippen molar-refractivity contribution in [2.45, 2.75) is 20.8 Å². The summed E-state index contributed by atoms with van der Waals surface area (Å²) in [4.78, 5) is 8.23. The summed E-state index contributed by atoms with van der Waals surface area (Å²) in [6.07, 6.45) is 0. The highest BCUT2D eigenvalue weighted by atomic mass is 35.5. The number of benzene rings is 1. The van der Waals surface area contributed by atoms with Crippen LogP contribution in [-0.2, 0) is 0 Å². The predicted octanol–water partition coefficient (Wildman–Crippen LogP) is 3.49. The monoisotopic (exact) mass is 233 g/mol. The minimum Gasteiger partial charge on any atom is -0.233 e. The first-order valence-electron chi connectivity index (χ1n) is 5.05. The van der Waals surface area contributed by atoms with Crippen LogP contribution < -0.4 is 0 Å². The van der Waals surface area contributed by atoms with Crippen molar-refractivity contribution in [2.24, 2.45) is 0 Å². The molecule has 0 saturated carbocycles. The zero-order valence-electron chi connectivity index (χ0n) is 9.45. The normalized spacial score (nSPS) is 9.19. The van der Waals surface area contributed by atoms with Gasteiger partial charge in [0.2, 0.25) is 0 Å². The first-order valence-corrected chi connectivity index (χ1v) is 5.42. The van der Waals surface area contributed by atoms with E-state index in [1.807, 2.05) is 19.9 Å². The van der Waals surface area contributed by atoms with E-state index in [4.69, 9.17) is 16.9 Å². The molecule has 1 heterocycles. The fraction of sp³-hybridized carbons (Fsp3) is 0.250. The molecule has 0 bridgehead atoms. The molecular weight excluding hydrogens is 222 g/mol. The largest absolute Gasteiger partial charge is 0.233 e. The minimum absolute atomic E-state index is 0.393. The molecule has 0 fully saturated rings. The highest BCUT2D eigenvalue weighted by Gasteiger charge is 2.03.